The number of nitro benzene ring substituents is 1. The molecule has 0 bridgehead atoms. The second kappa shape index (κ2) is 7.56. The van der Waals surface area contributed by atoms with Gasteiger partial charge < -0.3 is 5.73 Å². The molecule has 1 rings (SSSR count). The summed E-state index contributed by atoms with van der Waals surface area (Å²) in [5.41, 5.74) is 4.60. The van der Waals surface area contributed by atoms with Gasteiger partial charge in [-0.15, -0.1) is 12.4 Å². The zero-order valence-corrected chi connectivity index (χ0v) is 14.8. The van der Waals surface area contributed by atoms with E-state index in [0.29, 0.717) is 0 Å². The molecule has 0 heterocycles. The summed E-state index contributed by atoms with van der Waals surface area (Å²) in [4.78, 5) is 9.88. The Morgan fingerprint density at radius 3 is 2.41 bits per heavy atom. The van der Waals surface area contributed by atoms with E-state index < -0.39 is 26.0 Å². The number of halogens is 2. The molecule has 0 fully saturated rings. The van der Waals surface area contributed by atoms with Crippen LogP contribution in [0.5, 0.6) is 0 Å². The van der Waals surface area contributed by atoms with Gasteiger partial charge in [-0.25, -0.2) is 12.7 Å². The molecule has 2 N–H and O–H groups in total. The highest BCUT2D eigenvalue weighted by Crippen LogP contribution is 2.30. The van der Waals surface area contributed by atoms with Crippen LogP contribution in [0.1, 0.15) is 13.8 Å². The van der Waals surface area contributed by atoms with E-state index in [1.54, 1.807) is 0 Å². The van der Waals surface area contributed by atoms with Crippen LogP contribution < -0.4 is 5.73 Å². The summed E-state index contributed by atoms with van der Waals surface area (Å²) in [6.45, 7) is 4.06. The molecular formula is C12H19Cl2N3O4S. The van der Waals surface area contributed by atoms with Gasteiger partial charge in [0.25, 0.3) is 5.69 Å². The van der Waals surface area contributed by atoms with Crippen molar-refractivity contribution in [3.8, 4) is 0 Å². The maximum Gasteiger partial charge on any atom is 0.290 e. The summed E-state index contributed by atoms with van der Waals surface area (Å²) in [7, 11) is -2.63. The van der Waals surface area contributed by atoms with Gasteiger partial charge in [-0.3, -0.25) is 10.1 Å². The molecule has 0 saturated heterocycles. The molecule has 7 nitrogen and oxygen atoms in total. The quantitative estimate of drug-likeness (QED) is 0.609. The summed E-state index contributed by atoms with van der Waals surface area (Å²) in [6, 6.07) is 3.47. The molecule has 0 amide bonds. The predicted octanol–water partition coefficient (Wildman–Crippen LogP) is 2.28. The first kappa shape index (κ1) is 21.1. The van der Waals surface area contributed by atoms with E-state index in [1.165, 1.54) is 13.1 Å². The average molecular weight is 372 g/mol. The third-order valence-corrected chi connectivity index (χ3v) is 5.10. The number of hydrogen-bond acceptors (Lipinski definition) is 5. The minimum Gasteiger partial charge on any atom is -0.330 e. The molecule has 1 aromatic rings. The maximum atomic E-state index is 12.5. The Balaban J connectivity index is 0.00000441. The lowest BCUT2D eigenvalue weighted by atomic mass is 9.94. The van der Waals surface area contributed by atoms with E-state index in [9.17, 15) is 18.5 Å². The summed E-state index contributed by atoms with van der Waals surface area (Å²) < 4.78 is 26.1. The fourth-order valence-electron chi connectivity index (χ4n) is 1.77. The van der Waals surface area contributed by atoms with Crippen LogP contribution in [-0.4, -0.2) is 37.8 Å². The number of nitro groups is 1. The standard InChI is InChI=1S/C12H18ClN3O4S.ClH/c1-12(2,7-14)8-15(3)21(19,20)11-5-4-9(13)6-10(11)16(17)18;/h4-6H,7-8,14H2,1-3H3;1H. The number of rotatable bonds is 6. The fourth-order valence-corrected chi connectivity index (χ4v) is 3.43. The number of nitrogens with zero attached hydrogens (tertiary/aromatic N) is 2. The van der Waals surface area contributed by atoms with Crippen molar-refractivity contribution < 1.29 is 13.3 Å². The van der Waals surface area contributed by atoms with Crippen molar-refractivity contribution in [1.29, 1.82) is 0 Å². The third-order valence-electron chi connectivity index (χ3n) is 3.01. The number of sulfonamides is 1. The Labute approximate surface area is 141 Å². The van der Waals surface area contributed by atoms with Crippen LogP contribution in [0.25, 0.3) is 0 Å². The van der Waals surface area contributed by atoms with E-state index in [-0.39, 0.29) is 35.4 Å². The number of benzene rings is 1. The van der Waals surface area contributed by atoms with Crippen LogP contribution >= 0.6 is 24.0 Å². The maximum absolute atomic E-state index is 12.5. The summed E-state index contributed by atoms with van der Waals surface area (Å²) in [6.07, 6.45) is 0. The molecule has 0 atom stereocenters. The highest BCUT2D eigenvalue weighted by Gasteiger charge is 2.32. The van der Waals surface area contributed by atoms with E-state index in [1.807, 2.05) is 13.8 Å². The first-order chi connectivity index (χ1) is 9.51. The fraction of sp³-hybridized carbons (Fsp3) is 0.500. The van der Waals surface area contributed by atoms with Gasteiger partial charge >= 0.3 is 0 Å². The van der Waals surface area contributed by atoms with Crippen molar-refractivity contribution in [2.24, 2.45) is 11.1 Å². The zero-order valence-electron chi connectivity index (χ0n) is 12.4. The lowest BCUT2D eigenvalue weighted by molar-refractivity contribution is -0.387. The third kappa shape index (κ3) is 4.79. The van der Waals surface area contributed by atoms with E-state index in [4.69, 9.17) is 17.3 Å². The van der Waals surface area contributed by atoms with Crippen LogP contribution in [0.2, 0.25) is 5.02 Å². The van der Waals surface area contributed by atoms with Crippen LogP contribution in [0.4, 0.5) is 5.69 Å². The Bertz CT molecular complexity index is 650. The molecule has 0 unspecified atom stereocenters. The normalized spacial score (nSPS) is 12.1. The number of hydrogen-bond donors (Lipinski definition) is 1. The SMILES string of the molecule is CN(CC(C)(C)CN)S(=O)(=O)c1ccc(Cl)cc1[N+](=O)[O-].Cl. The largest absolute Gasteiger partial charge is 0.330 e. The van der Waals surface area contributed by atoms with Gasteiger partial charge in [0.05, 0.1) is 4.92 Å². The van der Waals surface area contributed by atoms with Crippen molar-refractivity contribution in [2.45, 2.75) is 18.7 Å². The molecule has 0 radical (unpaired) electrons. The first-order valence-corrected chi connectivity index (χ1v) is 7.93. The van der Waals surface area contributed by atoms with Gasteiger partial charge in [-0.1, -0.05) is 25.4 Å². The van der Waals surface area contributed by atoms with Crippen molar-refractivity contribution in [2.75, 3.05) is 20.1 Å². The number of nitrogens with two attached hydrogens (primary N) is 1. The second-order valence-electron chi connectivity index (χ2n) is 5.50. The highest BCUT2D eigenvalue weighted by molar-refractivity contribution is 7.89. The van der Waals surface area contributed by atoms with Gasteiger partial charge in [0.2, 0.25) is 10.0 Å². The molecule has 10 heteroatoms. The van der Waals surface area contributed by atoms with Gasteiger partial charge in [0.15, 0.2) is 4.90 Å². The lowest BCUT2D eigenvalue weighted by Crippen LogP contribution is -2.39. The smallest absolute Gasteiger partial charge is 0.290 e. The Morgan fingerprint density at radius 1 is 1.41 bits per heavy atom. The average Bonchev–Trinajstić information content (AvgIpc) is 2.37. The van der Waals surface area contributed by atoms with Crippen LogP contribution in [0.3, 0.4) is 0 Å². The van der Waals surface area contributed by atoms with E-state index >= 15 is 0 Å². The molecule has 126 valence electrons. The van der Waals surface area contributed by atoms with Gasteiger partial charge in [-0.2, -0.15) is 0 Å². The monoisotopic (exact) mass is 371 g/mol. The minimum absolute atomic E-state index is 0. The molecule has 0 aromatic heterocycles. The first-order valence-electron chi connectivity index (χ1n) is 6.11. The Morgan fingerprint density at radius 2 is 1.95 bits per heavy atom. The lowest BCUT2D eigenvalue weighted by Gasteiger charge is -2.28. The summed E-state index contributed by atoms with van der Waals surface area (Å²) in [5, 5.41) is 11.1. The van der Waals surface area contributed by atoms with E-state index in [0.717, 1.165) is 16.4 Å². The van der Waals surface area contributed by atoms with Crippen molar-refractivity contribution >= 4 is 39.7 Å². The molecule has 0 aliphatic heterocycles. The zero-order chi connectivity index (χ0) is 16.4. The Kier molecular flexibility index (Phi) is 7.24. The van der Waals surface area contributed by atoms with E-state index in [2.05, 4.69) is 0 Å². The summed E-state index contributed by atoms with van der Waals surface area (Å²) >= 11 is 5.69. The molecule has 1 aromatic carbocycles. The molecule has 0 saturated carbocycles. The Hall–Kier alpha value is -0.930. The van der Waals surface area contributed by atoms with Crippen LogP contribution in [0.15, 0.2) is 23.1 Å². The molecule has 0 spiro atoms. The minimum atomic E-state index is -4.00. The molecular weight excluding hydrogens is 353 g/mol. The van der Waals surface area contributed by atoms with Crippen molar-refractivity contribution in [3.05, 3.63) is 33.3 Å². The predicted molar refractivity (Wildman–Crippen MR) is 88.0 cm³/mol. The van der Waals surface area contributed by atoms with Crippen LogP contribution in [-0.2, 0) is 10.0 Å². The summed E-state index contributed by atoms with van der Waals surface area (Å²) in [5.74, 6) is 0. The molecule has 0 aliphatic carbocycles. The van der Waals surface area contributed by atoms with Crippen LogP contribution in [0, 0.1) is 15.5 Å². The molecule has 0 aliphatic rings. The van der Waals surface area contributed by atoms with Gasteiger partial charge in [0.1, 0.15) is 0 Å². The van der Waals surface area contributed by atoms with Gasteiger partial charge in [-0.05, 0) is 24.1 Å². The second-order valence-corrected chi connectivity index (χ2v) is 7.95. The molecule has 22 heavy (non-hydrogen) atoms. The highest BCUT2D eigenvalue weighted by atomic mass is 35.5. The topological polar surface area (TPSA) is 107 Å². The van der Waals surface area contributed by atoms with Crippen molar-refractivity contribution in [1.82, 2.24) is 4.31 Å². The van der Waals surface area contributed by atoms with Gasteiger partial charge in [0, 0.05) is 24.7 Å². The van der Waals surface area contributed by atoms with Crippen molar-refractivity contribution in [3.63, 3.8) is 0 Å².